The van der Waals surface area contributed by atoms with Crippen LogP contribution in [0.15, 0.2) is 22.8 Å². The first-order valence-electron chi connectivity index (χ1n) is 7.82. The van der Waals surface area contributed by atoms with Crippen molar-refractivity contribution in [3.8, 4) is 0 Å². The van der Waals surface area contributed by atoms with Crippen molar-refractivity contribution in [3.05, 3.63) is 22.8 Å². The first kappa shape index (κ1) is 13.6. The van der Waals surface area contributed by atoms with Gasteiger partial charge in [0.25, 0.3) is 0 Å². The Labute approximate surface area is 120 Å². The van der Waals surface area contributed by atoms with Crippen molar-refractivity contribution in [2.75, 3.05) is 0 Å². The van der Waals surface area contributed by atoms with E-state index in [0.29, 0.717) is 6.42 Å². The number of carbonyl (C=O) groups is 2. The van der Waals surface area contributed by atoms with Crippen LogP contribution in [0.2, 0.25) is 0 Å². The van der Waals surface area contributed by atoms with Crippen LogP contribution in [0, 0.1) is 5.41 Å². The van der Waals surface area contributed by atoms with E-state index in [0.717, 1.165) is 37.7 Å². The van der Waals surface area contributed by atoms with Gasteiger partial charge in [0.2, 0.25) is 0 Å². The Bertz CT molecular complexity index is 496. The highest BCUT2D eigenvalue weighted by Crippen LogP contribution is 2.48. The molecule has 2 aliphatic carbocycles. The molecule has 0 amide bonds. The van der Waals surface area contributed by atoms with Crippen molar-refractivity contribution in [3.63, 3.8) is 0 Å². The normalized spacial score (nSPS) is 26.6. The molecule has 20 heavy (non-hydrogen) atoms. The molecule has 0 atom stereocenters. The van der Waals surface area contributed by atoms with Crippen LogP contribution in [-0.2, 0) is 14.3 Å². The van der Waals surface area contributed by atoms with Gasteiger partial charge in [0, 0.05) is 0 Å². The quantitative estimate of drug-likeness (QED) is 0.539. The Morgan fingerprint density at radius 1 is 1.00 bits per heavy atom. The Morgan fingerprint density at radius 3 is 2.50 bits per heavy atom. The van der Waals surface area contributed by atoms with Gasteiger partial charge >= 0.3 is 11.9 Å². The standard InChI is InChI=1S/C17H22O3/c1-12-14(13-8-4-2-3-5-9-13)10-6-7-11-17(12)15(18)20-16(17)19/h8H,2-7,9-11H2,1H3. The van der Waals surface area contributed by atoms with Gasteiger partial charge in [0.05, 0.1) is 0 Å². The monoisotopic (exact) mass is 274 g/mol. The van der Waals surface area contributed by atoms with Crippen molar-refractivity contribution in [2.45, 2.75) is 64.7 Å². The molecule has 1 heterocycles. The summed E-state index contributed by atoms with van der Waals surface area (Å²) in [4.78, 5) is 24.0. The first-order valence-corrected chi connectivity index (χ1v) is 7.82. The highest BCUT2D eigenvalue weighted by molar-refractivity contribution is 6.16. The molecule has 3 nitrogen and oxygen atoms in total. The molecule has 1 saturated heterocycles. The number of allylic oxidation sites excluding steroid dienone is 3. The predicted molar refractivity (Wildman–Crippen MR) is 75.9 cm³/mol. The second-order valence-electron chi connectivity index (χ2n) is 6.22. The molecular formula is C17H22O3. The molecule has 0 aromatic rings. The van der Waals surface area contributed by atoms with E-state index in [9.17, 15) is 9.59 Å². The third-order valence-corrected chi connectivity index (χ3v) is 5.13. The predicted octanol–water partition coefficient (Wildman–Crippen LogP) is 3.84. The third-order valence-electron chi connectivity index (χ3n) is 5.13. The van der Waals surface area contributed by atoms with Crippen molar-refractivity contribution in [1.82, 2.24) is 0 Å². The molecule has 0 unspecified atom stereocenters. The van der Waals surface area contributed by atoms with E-state index in [2.05, 4.69) is 10.8 Å². The fourth-order valence-corrected chi connectivity index (χ4v) is 3.82. The van der Waals surface area contributed by atoms with Gasteiger partial charge in [-0.1, -0.05) is 18.9 Å². The molecule has 0 radical (unpaired) electrons. The average Bonchev–Trinajstić information content (AvgIpc) is 2.79. The molecule has 3 rings (SSSR count). The van der Waals surface area contributed by atoms with Crippen LogP contribution in [0.4, 0.5) is 0 Å². The zero-order chi connectivity index (χ0) is 14.2. The van der Waals surface area contributed by atoms with E-state index in [1.54, 1.807) is 0 Å². The van der Waals surface area contributed by atoms with E-state index < -0.39 is 5.41 Å². The van der Waals surface area contributed by atoms with Gasteiger partial charge in [-0.15, -0.1) is 0 Å². The zero-order valence-corrected chi connectivity index (χ0v) is 12.2. The van der Waals surface area contributed by atoms with E-state index >= 15 is 0 Å². The van der Waals surface area contributed by atoms with Crippen LogP contribution in [-0.4, -0.2) is 11.9 Å². The lowest BCUT2D eigenvalue weighted by Gasteiger charge is -2.37. The second kappa shape index (κ2) is 5.19. The fourth-order valence-electron chi connectivity index (χ4n) is 3.82. The van der Waals surface area contributed by atoms with Crippen LogP contribution in [0.5, 0.6) is 0 Å². The zero-order valence-electron chi connectivity index (χ0n) is 12.2. The van der Waals surface area contributed by atoms with E-state index in [-0.39, 0.29) is 11.9 Å². The van der Waals surface area contributed by atoms with Gasteiger partial charge in [0.1, 0.15) is 0 Å². The SMILES string of the molecule is CC1=C(C2=CCCCCC2)CCCCC12C(=O)OC2=O. The van der Waals surface area contributed by atoms with Crippen molar-refractivity contribution in [1.29, 1.82) is 0 Å². The maximum absolute atomic E-state index is 12.0. The van der Waals surface area contributed by atoms with Crippen molar-refractivity contribution < 1.29 is 14.3 Å². The summed E-state index contributed by atoms with van der Waals surface area (Å²) in [6.07, 6.45) is 11.9. The van der Waals surface area contributed by atoms with E-state index in [1.165, 1.54) is 30.4 Å². The van der Waals surface area contributed by atoms with Gasteiger partial charge < -0.3 is 4.74 Å². The lowest BCUT2D eigenvalue weighted by molar-refractivity contribution is -0.193. The smallest absolute Gasteiger partial charge is 0.335 e. The molecule has 1 fully saturated rings. The number of hydrogen-bond acceptors (Lipinski definition) is 3. The van der Waals surface area contributed by atoms with Gasteiger partial charge in [-0.05, 0) is 68.6 Å². The minimum absolute atomic E-state index is 0.325. The largest absolute Gasteiger partial charge is 0.391 e. The average molecular weight is 274 g/mol. The van der Waals surface area contributed by atoms with Gasteiger partial charge in [-0.2, -0.15) is 0 Å². The van der Waals surface area contributed by atoms with Crippen molar-refractivity contribution >= 4 is 11.9 Å². The van der Waals surface area contributed by atoms with E-state index in [1.807, 2.05) is 6.92 Å². The number of rotatable bonds is 1. The van der Waals surface area contributed by atoms with E-state index in [4.69, 9.17) is 0 Å². The molecule has 108 valence electrons. The Kier molecular flexibility index (Phi) is 3.53. The maximum atomic E-state index is 12.0. The van der Waals surface area contributed by atoms with Gasteiger partial charge in [-0.25, -0.2) is 9.59 Å². The summed E-state index contributed by atoms with van der Waals surface area (Å²) in [6, 6.07) is 0. The summed E-state index contributed by atoms with van der Waals surface area (Å²) in [5.74, 6) is -0.651. The molecule has 0 aromatic carbocycles. The number of ether oxygens (including phenoxy) is 1. The fraction of sp³-hybridized carbons (Fsp3) is 0.647. The summed E-state index contributed by atoms with van der Waals surface area (Å²) < 4.78 is 4.69. The van der Waals surface area contributed by atoms with Crippen LogP contribution in [0.3, 0.4) is 0 Å². The van der Waals surface area contributed by atoms with Crippen LogP contribution < -0.4 is 0 Å². The summed E-state index contributed by atoms with van der Waals surface area (Å²) in [6.45, 7) is 1.98. The highest BCUT2D eigenvalue weighted by Gasteiger charge is 2.60. The molecule has 0 N–H and O–H groups in total. The molecule has 1 aliphatic heterocycles. The van der Waals surface area contributed by atoms with Crippen LogP contribution in [0.25, 0.3) is 0 Å². The molecule has 0 bridgehead atoms. The number of esters is 2. The highest BCUT2D eigenvalue weighted by atomic mass is 16.6. The minimum Gasteiger partial charge on any atom is -0.391 e. The molecule has 0 saturated carbocycles. The number of cyclic esters (lactones) is 2. The lowest BCUT2D eigenvalue weighted by atomic mass is 9.72. The lowest BCUT2D eigenvalue weighted by Crippen LogP contribution is -2.54. The van der Waals surface area contributed by atoms with Gasteiger partial charge in [0.15, 0.2) is 5.41 Å². The second-order valence-corrected chi connectivity index (χ2v) is 6.22. The van der Waals surface area contributed by atoms with Crippen LogP contribution in [0.1, 0.15) is 64.7 Å². The van der Waals surface area contributed by atoms with Crippen molar-refractivity contribution in [2.24, 2.45) is 5.41 Å². The molecule has 3 aliphatic rings. The molecule has 1 spiro atoms. The summed E-state index contributed by atoms with van der Waals surface area (Å²) in [5, 5.41) is 0. The molecule has 3 heteroatoms. The number of carbonyl (C=O) groups excluding carboxylic acids is 2. The maximum Gasteiger partial charge on any atom is 0.335 e. The summed E-state index contributed by atoms with van der Waals surface area (Å²) in [5.41, 5.74) is 2.70. The minimum atomic E-state index is -0.932. The van der Waals surface area contributed by atoms with Crippen LogP contribution >= 0.6 is 0 Å². The Hall–Kier alpha value is -1.38. The number of hydrogen-bond donors (Lipinski definition) is 0. The topological polar surface area (TPSA) is 43.4 Å². The summed E-state index contributed by atoms with van der Waals surface area (Å²) in [7, 11) is 0. The Balaban J connectivity index is 2.02. The first-order chi connectivity index (χ1) is 9.66. The molecular weight excluding hydrogens is 252 g/mol. The third kappa shape index (κ3) is 1.95. The van der Waals surface area contributed by atoms with Gasteiger partial charge in [-0.3, -0.25) is 0 Å². The Morgan fingerprint density at radius 2 is 1.75 bits per heavy atom. The molecule has 0 aromatic heterocycles. The summed E-state index contributed by atoms with van der Waals surface area (Å²) >= 11 is 0.